The van der Waals surface area contributed by atoms with Crippen LogP contribution in [0.3, 0.4) is 0 Å². The number of aromatic nitrogens is 2. The van der Waals surface area contributed by atoms with Gasteiger partial charge in [0.1, 0.15) is 11.6 Å². The van der Waals surface area contributed by atoms with Crippen molar-refractivity contribution in [2.45, 2.75) is 18.9 Å². The van der Waals surface area contributed by atoms with Gasteiger partial charge in [-0.25, -0.2) is 9.97 Å². The van der Waals surface area contributed by atoms with Gasteiger partial charge in [0, 0.05) is 45.6 Å². The van der Waals surface area contributed by atoms with Crippen molar-refractivity contribution in [2.24, 2.45) is 0 Å². The Bertz CT molecular complexity index is 664. The first-order valence-electron chi connectivity index (χ1n) is 8.24. The second kappa shape index (κ2) is 7.29. The van der Waals surface area contributed by atoms with Crippen LogP contribution in [0, 0.1) is 0 Å². The highest BCUT2D eigenvalue weighted by Gasteiger charge is 2.22. The average Bonchev–Trinajstić information content (AvgIpc) is 2.63. The van der Waals surface area contributed by atoms with Crippen LogP contribution in [0.5, 0.6) is 0 Å². The van der Waals surface area contributed by atoms with Crippen LogP contribution >= 0.6 is 0 Å². The largest absolute Gasteiger partial charge is 0.363 e. The Morgan fingerprint density at radius 1 is 1.17 bits per heavy atom. The lowest BCUT2D eigenvalue weighted by Crippen LogP contribution is -2.45. The van der Waals surface area contributed by atoms with E-state index >= 15 is 0 Å². The Balaban J connectivity index is 1.53. The summed E-state index contributed by atoms with van der Waals surface area (Å²) in [7, 11) is 3.86. The molecule has 0 bridgehead atoms. The summed E-state index contributed by atoms with van der Waals surface area (Å²) < 4.78 is 0. The van der Waals surface area contributed by atoms with E-state index in [2.05, 4.69) is 20.2 Å². The van der Waals surface area contributed by atoms with Crippen molar-refractivity contribution in [1.82, 2.24) is 15.3 Å². The van der Waals surface area contributed by atoms with Crippen molar-refractivity contribution < 1.29 is 4.79 Å². The molecule has 1 N–H and O–H groups in total. The average molecular weight is 325 g/mol. The summed E-state index contributed by atoms with van der Waals surface area (Å²) in [5.74, 6) is 1.80. The van der Waals surface area contributed by atoms with Crippen molar-refractivity contribution in [3.8, 4) is 0 Å². The van der Waals surface area contributed by atoms with E-state index in [1.54, 1.807) is 6.20 Å². The van der Waals surface area contributed by atoms with Crippen LogP contribution in [0.4, 0.5) is 11.6 Å². The molecule has 126 valence electrons. The topological polar surface area (TPSA) is 61.4 Å². The van der Waals surface area contributed by atoms with Crippen molar-refractivity contribution in [3.05, 3.63) is 48.3 Å². The minimum Gasteiger partial charge on any atom is -0.363 e. The van der Waals surface area contributed by atoms with Gasteiger partial charge in [-0.05, 0) is 37.1 Å². The molecule has 1 fully saturated rings. The van der Waals surface area contributed by atoms with Crippen LogP contribution in [0.2, 0.25) is 0 Å². The van der Waals surface area contributed by atoms with Crippen molar-refractivity contribution in [2.75, 3.05) is 37.0 Å². The lowest BCUT2D eigenvalue weighted by Gasteiger charge is -2.33. The van der Waals surface area contributed by atoms with Crippen LogP contribution in [0.25, 0.3) is 0 Å². The SMILES string of the molecule is CN(C)c1ccc(C(=O)NC2CCN(c3ccccn3)CC2)cn1. The van der Waals surface area contributed by atoms with Gasteiger partial charge in [-0.15, -0.1) is 0 Å². The minimum absolute atomic E-state index is 0.0518. The smallest absolute Gasteiger partial charge is 0.253 e. The van der Waals surface area contributed by atoms with Gasteiger partial charge in [0.05, 0.1) is 5.56 Å². The highest BCUT2D eigenvalue weighted by Crippen LogP contribution is 2.17. The summed E-state index contributed by atoms with van der Waals surface area (Å²) in [5.41, 5.74) is 0.604. The van der Waals surface area contributed by atoms with Crippen LogP contribution in [0.1, 0.15) is 23.2 Å². The van der Waals surface area contributed by atoms with Crippen LogP contribution < -0.4 is 15.1 Å². The van der Waals surface area contributed by atoms with E-state index in [0.717, 1.165) is 37.6 Å². The highest BCUT2D eigenvalue weighted by atomic mass is 16.1. The Labute approximate surface area is 142 Å². The lowest BCUT2D eigenvalue weighted by molar-refractivity contribution is 0.0930. The summed E-state index contributed by atoms with van der Waals surface area (Å²) in [6.07, 6.45) is 5.29. The van der Waals surface area contributed by atoms with Gasteiger partial charge in [0.15, 0.2) is 0 Å². The zero-order valence-corrected chi connectivity index (χ0v) is 14.1. The molecule has 1 saturated heterocycles. The number of nitrogens with one attached hydrogen (secondary N) is 1. The molecule has 3 heterocycles. The van der Waals surface area contributed by atoms with Crippen LogP contribution in [-0.2, 0) is 0 Å². The van der Waals surface area contributed by atoms with E-state index in [-0.39, 0.29) is 11.9 Å². The summed E-state index contributed by atoms with van der Waals surface area (Å²) in [4.78, 5) is 25.2. The Hall–Kier alpha value is -2.63. The molecular formula is C18H23N5O. The Kier molecular flexibility index (Phi) is 4.93. The molecule has 1 aliphatic rings. The molecule has 1 amide bonds. The summed E-state index contributed by atoms with van der Waals surface area (Å²) >= 11 is 0. The third-order valence-corrected chi connectivity index (χ3v) is 4.27. The fraction of sp³-hybridized carbons (Fsp3) is 0.389. The van der Waals surface area contributed by atoms with Crippen molar-refractivity contribution >= 4 is 17.5 Å². The van der Waals surface area contributed by atoms with E-state index in [4.69, 9.17) is 0 Å². The molecule has 0 aromatic carbocycles. The molecule has 2 aromatic heterocycles. The molecular weight excluding hydrogens is 302 g/mol. The molecule has 0 unspecified atom stereocenters. The number of carbonyl (C=O) groups is 1. The lowest BCUT2D eigenvalue weighted by atomic mass is 10.0. The monoisotopic (exact) mass is 325 g/mol. The molecule has 6 heteroatoms. The van der Waals surface area contributed by atoms with Gasteiger partial charge in [-0.3, -0.25) is 4.79 Å². The normalized spacial score (nSPS) is 15.2. The summed E-state index contributed by atoms with van der Waals surface area (Å²) in [6.45, 7) is 1.81. The zero-order chi connectivity index (χ0) is 16.9. The first-order valence-corrected chi connectivity index (χ1v) is 8.24. The van der Waals surface area contributed by atoms with Crippen molar-refractivity contribution in [1.29, 1.82) is 0 Å². The second-order valence-corrected chi connectivity index (χ2v) is 6.22. The molecule has 3 rings (SSSR count). The van der Waals surface area contributed by atoms with Gasteiger partial charge in [-0.2, -0.15) is 0 Å². The fourth-order valence-electron chi connectivity index (χ4n) is 2.85. The Morgan fingerprint density at radius 3 is 2.54 bits per heavy atom. The van der Waals surface area contributed by atoms with Crippen LogP contribution in [0.15, 0.2) is 42.7 Å². The van der Waals surface area contributed by atoms with Gasteiger partial charge in [0.25, 0.3) is 5.91 Å². The number of hydrogen-bond acceptors (Lipinski definition) is 5. The standard InChI is InChI=1S/C18H23N5O/c1-22(2)16-7-6-14(13-20-16)18(24)21-15-8-11-23(12-9-15)17-5-3-4-10-19-17/h3-7,10,13,15H,8-9,11-12H2,1-2H3,(H,21,24). The molecule has 0 spiro atoms. The number of anilines is 2. The fourth-order valence-corrected chi connectivity index (χ4v) is 2.85. The molecule has 0 radical (unpaired) electrons. The first kappa shape index (κ1) is 16.2. The maximum Gasteiger partial charge on any atom is 0.253 e. The van der Waals surface area contributed by atoms with Gasteiger partial charge in [-0.1, -0.05) is 6.07 Å². The number of amides is 1. The van der Waals surface area contributed by atoms with Gasteiger partial charge >= 0.3 is 0 Å². The maximum atomic E-state index is 12.4. The minimum atomic E-state index is -0.0518. The third-order valence-electron chi connectivity index (χ3n) is 4.27. The maximum absolute atomic E-state index is 12.4. The predicted octanol–water partition coefficient (Wildman–Crippen LogP) is 1.94. The summed E-state index contributed by atoms with van der Waals surface area (Å²) in [5, 5.41) is 3.12. The molecule has 0 atom stereocenters. The van der Waals surface area contributed by atoms with E-state index < -0.39 is 0 Å². The molecule has 1 aliphatic heterocycles. The van der Waals surface area contributed by atoms with E-state index in [1.165, 1.54) is 0 Å². The molecule has 24 heavy (non-hydrogen) atoms. The first-order chi connectivity index (χ1) is 11.6. The predicted molar refractivity (Wildman–Crippen MR) is 95.5 cm³/mol. The van der Waals surface area contributed by atoms with Gasteiger partial charge in [0.2, 0.25) is 0 Å². The molecule has 6 nitrogen and oxygen atoms in total. The van der Waals surface area contributed by atoms with E-state index in [0.29, 0.717) is 5.56 Å². The number of nitrogens with zero attached hydrogens (tertiary/aromatic N) is 4. The number of piperidine rings is 1. The van der Waals surface area contributed by atoms with E-state index in [1.807, 2.05) is 55.5 Å². The second-order valence-electron chi connectivity index (χ2n) is 6.22. The highest BCUT2D eigenvalue weighted by molar-refractivity contribution is 5.94. The third kappa shape index (κ3) is 3.82. The zero-order valence-electron chi connectivity index (χ0n) is 14.1. The number of rotatable bonds is 4. The Morgan fingerprint density at radius 2 is 1.96 bits per heavy atom. The van der Waals surface area contributed by atoms with Crippen molar-refractivity contribution in [3.63, 3.8) is 0 Å². The van der Waals surface area contributed by atoms with Gasteiger partial charge < -0.3 is 15.1 Å². The quantitative estimate of drug-likeness (QED) is 0.931. The molecule has 0 aliphatic carbocycles. The number of hydrogen-bond donors (Lipinski definition) is 1. The van der Waals surface area contributed by atoms with Crippen LogP contribution in [-0.4, -0.2) is 49.1 Å². The number of carbonyl (C=O) groups excluding carboxylic acids is 1. The number of pyridine rings is 2. The molecule has 0 saturated carbocycles. The van der Waals surface area contributed by atoms with E-state index in [9.17, 15) is 4.79 Å². The molecule has 2 aromatic rings. The summed E-state index contributed by atoms with van der Waals surface area (Å²) in [6, 6.07) is 9.83.